The minimum Gasteiger partial charge on any atom is -0.366 e. The summed E-state index contributed by atoms with van der Waals surface area (Å²) >= 11 is 6.63. The molecule has 0 aliphatic rings. The van der Waals surface area contributed by atoms with Crippen molar-refractivity contribution in [3.05, 3.63) is 28.8 Å². The Hall–Kier alpha value is -0.710. The van der Waals surface area contributed by atoms with E-state index in [4.69, 9.17) is 22.5 Å². The number of rotatable bonds is 2. The third-order valence-corrected chi connectivity index (χ3v) is 2.16. The number of nitrogens with two attached hydrogens (primary N) is 2. The minimum absolute atomic E-state index is 0.395. The van der Waals surface area contributed by atoms with Gasteiger partial charge in [-0.25, -0.2) is 0 Å². The summed E-state index contributed by atoms with van der Waals surface area (Å²) in [5.74, 6) is -0.500. The molecule has 4 N–H and O–H groups in total. The van der Waals surface area contributed by atoms with Crippen LogP contribution in [0.15, 0.2) is 23.1 Å². The van der Waals surface area contributed by atoms with E-state index in [9.17, 15) is 4.79 Å². The summed E-state index contributed by atoms with van der Waals surface area (Å²) in [6.07, 6.45) is 0. The van der Waals surface area contributed by atoms with Gasteiger partial charge in [-0.15, -0.1) is 0 Å². The van der Waals surface area contributed by atoms with Gasteiger partial charge < -0.3 is 5.73 Å². The Morgan fingerprint density at radius 1 is 1.50 bits per heavy atom. The fraction of sp³-hybridized carbons (Fsp3) is 0. The summed E-state index contributed by atoms with van der Waals surface area (Å²) in [4.78, 5) is 11.4. The molecule has 0 fully saturated rings. The number of benzene rings is 1. The highest BCUT2D eigenvalue weighted by atomic mass is 35.5. The number of carbonyl (C=O) groups excluding carboxylic acids is 1. The molecule has 12 heavy (non-hydrogen) atoms. The predicted octanol–water partition coefficient (Wildman–Crippen LogP) is 1.40. The largest absolute Gasteiger partial charge is 0.366 e. The van der Waals surface area contributed by atoms with Crippen LogP contribution in [0.4, 0.5) is 0 Å². The number of carbonyl (C=O) groups is 1. The van der Waals surface area contributed by atoms with Crippen LogP contribution in [0.5, 0.6) is 0 Å². The molecule has 0 spiro atoms. The van der Waals surface area contributed by atoms with Crippen molar-refractivity contribution in [1.82, 2.24) is 0 Å². The lowest BCUT2D eigenvalue weighted by Gasteiger charge is -2.02. The quantitative estimate of drug-likeness (QED) is 0.713. The van der Waals surface area contributed by atoms with E-state index >= 15 is 0 Å². The van der Waals surface area contributed by atoms with Crippen LogP contribution in [0.2, 0.25) is 5.02 Å². The molecule has 0 unspecified atom stereocenters. The topological polar surface area (TPSA) is 69.1 Å². The molecule has 0 saturated carbocycles. The van der Waals surface area contributed by atoms with Crippen LogP contribution in [0, 0.1) is 0 Å². The molecule has 3 nitrogen and oxygen atoms in total. The molecule has 0 bridgehead atoms. The zero-order valence-corrected chi connectivity index (χ0v) is 7.65. The Morgan fingerprint density at radius 3 is 2.67 bits per heavy atom. The van der Waals surface area contributed by atoms with Crippen LogP contribution in [-0.4, -0.2) is 5.91 Å². The molecule has 0 aliphatic carbocycles. The molecule has 1 aromatic rings. The van der Waals surface area contributed by atoms with E-state index in [1.165, 1.54) is 0 Å². The molecule has 1 amide bonds. The molecule has 1 aromatic carbocycles. The van der Waals surface area contributed by atoms with Crippen molar-refractivity contribution < 1.29 is 4.79 Å². The van der Waals surface area contributed by atoms with Crippen LogP contribution < -0.4 is 10.9 Å². The third kappa shape index (κ3) is 1.91. The van der Waals surface area contributed by atoms with E-state index in [0.717, 1.165) is 11.9 Å². The molecule has 0 radical (unpaired) electrons. The zero-order chi connectivity index (χ0) is 9.14. The second kappa shape index (κ2) is 3.80. The Bertz CT molecular complexity index is 316. The van der Waals surface area contributed by atoms with Crippen molar-refractivity contribution in [2.75, 3.05) is 0 Å². The van der Waals surface area contributed by atoms with Crippen molar-refractivity contribution in [2.24, 2.45) is 10.9 Å². The van der Waals surface area contributed by atoms with Crippen molar-refractivity contribution in [1.29, 1.82) is 0 Å². The van der Waals surface area contributed by atoms with Gasteiger partial charge in [-0.1, -0.05) is 11.6 Å². The summed E-state index contributed by atoms with van der Waals surface area (Å²) in [5.41, 5.74) is 5.48. The first-order chi connectivity index (χ1) is 5.65. The van der Waals surface area contributed by atoms with Gasteiger partial charge in [-0.2, -0.15) is 0 Å². The first-order valence-corrected chi connectivity index (χ1v) is 4.37. The monoisotopic (exact) mass is 202 g/mol. The molecule has 1 rings (SSSR count). The normalized spacial score (nSPS) is 9.83. The molecule has 0 aliphatic heterocycles. The number of hydrogen-bond donors (Lipinski definition) is 2. The number of primary amides is 1. The highest BCUT2D eigenvalue weighted by Crippen LogP contribution is 2.22. The fourth-order valence-corrected chi connectivity index (χ4v) is 1.52. The summed E-state index contributed by atoms with van der Waals surface area (Å²) in [6.45, 7) is 0. The first kappa shape index (κ1) is 9.38. The van der Waals surface area contributed by atoms with Crippen LogP contribution in [0.3, 0.4) is 0 Å². The SMILES string of the molecule is NSc1cc(Cl)ccc1C(N)=O. The standard InChI is InChI=1S/C7H7ClN2OS/c8-4-1-2-5(7(9)11)6(3-4)12-10/h1-3H,10H2,(H2,9,11). The highest BCUT2D eigenvalue weighted by Gasteiger charge is 2.07. The van der Waals surface area contributed by atoms with Gasteiger partial charge in [0, 0.05) is 9.92 Å². The number of halogens is 1. The molecular formula is C7H7ClN2OS. The highest BCUT2D eigenvalue weighted by molar-refractivity contribution is 7.97. The smallest absolute Gasteiger partial charge is 0.249 e. The zero-order valence-electron chi connectivity index (χ0n) is 6.08. The molecule has 5 heteroatoms. The average molecular weight is 203 g/mol. The van der Waals surface area contributed by atoms with E-state index in [0.29, 0.717) is 15.5 Å². The lowest BCUT2D eigenvalue weighted by molar-refractivity contribution is 0.0997. The molecule has 0 aromatic heterocycles. The maximum absolute atomic E-state index is 10.8. The third-order valence-electron chi connectivity index (χ3n) is 1.34. The second-order valence-corrected chi connectivity index (χ2v) is 3.23. The Labute approximate surface area is 79.2 Å². The van der Waals surface area contributed by atoms with Gasteiger partial charge in [-0.3, -0.25) is 9.93 Å². The van der Waals surface area contributed by atoms with Gasteiger partial charge in [0.05, 0.1) is 5.56 Å². The van der Waals surface area contributed by atoms with Crippen LogP contribution >= 0.6 is 23.5 Å². The summed E-state index contributed by atoms with van der Waals surface area (Å²) in [5, 5.41) is 5.84. The van der Waals surface area contributed by atoms with Gasteiger partial charge in [0.15, 0.2) is 0 Å². The van der Waals surface area contributed by atoms with E-state index in [1.54, 1.807) is 18.2 Å². The molecule has 0 heterocycles. The first-order valence-electron chi connectivity index (χ1n) is 3.11. The van der Waals surface area contributed by atoms with Crippen LogP contribution in [0.1, 0.15) is 10.4 Å². The number of hydrogen-bond acceptors (Lipinski definition) is 3. The van der Waals surface area contributed by atoms with Crippen LogP contribution in [0.25, 0.3) is 0 Å². The molecule has 64 valence electrons. The molecule has 0 atom stereocenters. The fourth-order valence-electron chi connectivity index (χ4n) is 0.797. The van der Waals surface area contributed by atoms with Crippen molar-refractivity contribution in [2.45, 2.75) is 4.90 Å². The average Bonchev–Trinajstić information content (AvgIpc) is 2.03. The van der Waals surface area contributed by atoms with Crippen LogP contribution in [-0.2, 0) is 0 Å². The Balaban J connectivity index is 3.20. The van der Waals surface area contributed by atoms with Gasteiger partial charge in [0.25, 0.3) is 0 Å². The predicted molar refractivity (Wildman–Crippen MR) is 50.0 cm³/mol. The van der Waals surface area contributed by atoms with Crippen molar-refractivity contribution in [3.8, 4) is 0 Å². The van der Waals surface area contributed by atoms with Gasteiger partial charge in [-0.05, 0) is 30.1 Å². The van der Waals surface area contributed by atoms with Gasteiger partial charge >= 0.3 is 0 Å². The summed E-state index contributed by atoms with van der Waals surface area (Å²) < 4.78 is 0. The van der Waals surface area contributed by atoms with Gasteiger partial charge in [0.2, 0.25) is 5.91 Å². The van der Waals surface area contributed by atoms with E-state index in [2.05, 4.69) is 0 Å². The van der Waals surface area contributed by atoms with Crippen molar-refractivity contribution >= 4 is 29.5 Å². The lowest BCUT2D eigenvalue weighted by atomic mass is 10.2. The Kier molecular flexibility index (Phi) is 2.97. The van der Waals surface area contributed by atoms with Gasteiger partial charge in [0.1, 0.15) is 0 Å². The molecular weight excluding hydrogens is 196 g/mol. The maximum atomic E-state index is 10.8. The van der Waals surface area contributed by atoms with E-state index < -0.39 is 5.91 Å². The van der Waals surface area contributed by atoms with E-state index in [1.807, 2.05) is 0 Å². The summed E-state index contributed by atoms with van der Waals surface area (Å²) in [6, 6.07) is 4.76. The van der Waals surface area contributed by atoms with Crippen molar-refractivity contribution in [3.63, 3.8) is 0 Å². The molecule has 0 saturated heterocycles. The van der Waals surface area contributed by atoms with E-state index in [-0.39, 0.29) is 0 Å². The Morgan fingerprint density at radius 2 is 2.17 bits per heavy atom. The maximum Gasteiger partial charge on any atom is 0.249 e. The number of amides is 1. The lowest BCUT2D eigenvalue weighted by Crippen LogP contribution is -2.12. The minimum atomic E-state index is -0.500. The summed E-state index contributed by atoms with van der Waals surface area (Å²) in [7, 11) is 0. The second-order valence-electron chi connectivity index (χ2n) is 2.12.